The molecule has 0 saturated carbocycles. The van der Waals surface area contributed by atoms with E-state index in [0.717, 1.165) is 27.7 Å². The van der Waals surface area contributed by atoms with Gasteiger partial charge in [0.25, 0.3) is 5.91 Å². The Morgan fingerprint density at radius 3 is 2.52 bits per heavy atom. The summed E-state index contributed by atoms with van der Waals surface area (Å²) in [6, 6.07) is 21.4. The molecule has 0 aliphatic carbocycles. The van der Waals surface area contributed by atoms with Crippen molar-refractivity contribution < 1.29 is 9.21 Å². The summed E-state index contributed by atoms with van der Waals surface area (Å²) in [6.45, 7) is 4.36. The number of nitrogens with zero attached hydrogens (tertiary/aromatic N) is 2. The van der Waals surface area contributed by atoms with Gasteiger partial charge < -0.3 is 4.42 Å². The SMILES string of the molecule is Cc1ccc2c(C)c(C(=O)N(Cc3ccccc3)c3ccccn3)oc2c1. The zero-order chi connectivity index (χ0) is 18.8. The maximum absolute atomic E-state index is 13.4. The number of pyridine rings is 1. The summed E-state index contributed by atoms with van der Waals surface area (Å²) in [5.41, 5.74) is 3.71. The van der Waals surface area contributed by atoms with Crippen molar-refractivity contribution in [1.82, 2.24) is 4.98 Å². The minimum absolute atomic E-state index is 0.191. The van der Waals surface area contributed by atoms with E-state index < -0.39 is 0 Å². The molecule has 2 aromatic carbocycles. The van der Waals surface area contributed by atoms with Crippen molar-refractivity contribution in [2.75, 3.05) is 4.90 Å². The van der Waals surface area contributed by atoms with E-state index >= 15 is 0 Å². The normalized spacial score (nSPS) is 10.9. The van der Waals surface area contributed by atoms with E-state index in [0.29, 0.717) is 18.1 Å². The summed E-state index contributed by atoms with van der Waals surface area (Å²) < 4.78 is 5.96. The summed E-state index contributed by atoms with van der Waals surface area (Å²) in [7, 11) is 0. The fourth-order valence-corrected chi connectivity index (χ4v) is 3.20. The van der Waals surface area contributed by atoms with Crippen LogP contribution in [0.15, 0.2) is 77.3 Å². The third-order valence-corrected chi connectivity index (χ3v) is 4.64. The zero-order valence-electron chi connectivity index (χ0n) is 15.3. The standard InChI is InChI=1S/C23H20N2O2/c1-16-11-12-19-17(2)22(27-20(19)14-16)23(26)25(21-10-6-7-13-24-21)15-18-8-4-3-5-9-18/h3-14H,15H2,1-2H3. The molecule has 0 saturated heterocycles. The molecule has 0 bridgehead atoms. The molecule has 0 unspecified atom stereocenters. The van der Waals surface area contributed by atoms with Gasteiger partial charge in [0, 0.05) is 17.1 Å². The van der Waals surface area contributed by atoms with Crippen LogP contribution >= 0.6 is 0 Å². The number of carbonyl (C=O) groups is 1. The van der Waals surface area contributed by atoms with Crippen LogP contribution in [-0.4, -0.2) is 10.9 Å². The lowest BCUT2D eigenvalue weighted by molar-refractivity contribution is 0.0959. The van der Waals surface area contributed by atoms with Crippen LogP contribution in [0.2, 0.25) is 0 Å². The number of aromatic nitrogens is 1. The topological polar surface area (TPSA) is 46.3 Å². The quantitative estimate of drug-likeness (QED) is 0.499. The van der Waals surface area contributed by atoms with E-state index in [1.54, 1.807) is 11.1 Å². The van der Waals surface area contributed by atoms with Gasteiger partial charge in [0.2, 0.25) is 0 Å². The maximum Gasteiger partial charge on any atom is 0.295 e. The van der Waals surface area contributed by atoms with Gasteiger partial charge in [0.05, 0.1) is 6.54 Å². The first kappa shape index (κ1) is 17.0. The maximum atomic E-state index is 13.4. The summed E-state index contributed by atoms with van der Waals surface area (Å²) >= 11 is 0. The Morgan fingerprint density at radius 1 is 1.00 bits per heavy atom. The van der Waals surface area contributed by atoms with Crippen LogP contribution in [-0.2, 0) is 6.54 Å². The second kappa shape index (κ2) is 7.08. The smallest absolute Gasteiger partial charge is 0.295 e. The number of amides is 1. The Bertz CT molecular complexity index is 1090. The van der Waals surface area contributed by atoms with E-state index in [-0.39, 0.29) is 5.91 Å². The van der Waals surface area contributed by atoms with Crippen molar-refractivity contribution in [1.29, 1.82) is 0 Å². The first-order chi connectivity index (χ1) is 13.1. The van der Waals surface area contributed by atoms with Crippen LogP contribution in [0.3, 0.4) is 0 Å². The minimum atomic E-state index is -0.191. The van der Waals surface area contributed by atoms with E-state index in [4.69, 9.17) is 4.42 Å². The highest BCUT2D eigenvalue weighted by molar-refractivity contribution is 6.07. The number of rotatable bonds is 4. The van der Waals surface area contributed by atoms with Gasteiger partial charge in [-0.2, -0.15) is 0 Å². The Hall–Kier alpha value is -3.40. The first-order valence-electron chi connectivity index (χ1n) is 8.90. The third-order valence-electron chi connectivity index (χ3n) is 4.64. The fraction of sp³-hybridized carbons (Fsp3) is 0.130. The summed E-state index contributed by atoms with van der Waals surface area (Å²) in [5.74, 6) is 0.767. The van der Waals surface area contributed by atoms with Crippen molar-refractivity contribution >= 4 is 22.7 Å². The van der Waals surface area contributed by atoms with Crippen molar-refractivity contribution in [2.45, 2.75) is 20.4 Å². The van der Waals surface area contributed by atoms with Crippen molar-refractivity contribution in [3.63, 3.8) is 0 Å². The lowest BCUT2D eigenvalue weighted by Crippen LogP contribution is -2.31. The number of aryl methyl sites for hydroxylation is 2. The molecular weight excluding hydrogens is 336 g/mol. The largest absolute Gasteiger partial charge is 0.451 e. The van der Waals surface area contributed by atoms with Gasteiger partial charge in [0.1, 0.15) is 11.4 Å². The molecule has 0 spiro atoms. The molecule has 4 nitrogen and oxygen atoms in total. The van der Waals surface area contributed by atoms with Gasteiger partial charge >= 0.3 is 0 Å². The molecule has 0 aliphatic rings. The van der Waals surface area contributed by atoms with Crippen molar-refractivity contribution in [2.24, 2.45) is 0 Å². The zero-order valence-corrected chi connectivity index (χ0v) is 15.3. The molecule has 27 heavy (non-hydrogen) atoms. The van der Waals surface area contributed by atoms with Gasteiger partial charge in [-0.15, -0.1) is 0 Å². The van der Waals surface area contributed by atoms with E-state index in [1.165, 1.54) is 0 Å². The molecule has 0 aliphatic heterocycles. The summed E-state index contributed by atoms with van der Waals surface area (Å²) in [4.78, 5) is 19.5. The van der Waals surface area contributed by atoms with E-state index in [1.807, 2.05) is 80.6 Å². The second-order valence-corrected chi connectivity index (χ2v) is 6.62. The molecule has 4 heteroatoms. The van der Waals surface area contributed by atoms with Crippen LogP contribution in [0.4, 0.5) is 5.82 Å². The number of hydrogen-bond acceptors (Lipinski definition) is 3. The minimum Gasteiger partial charge on any atom is -0.451 e. The molecule has 4 aromatic rings. The lowest BCUT2D eigenvalue weighted by atomic mass is 10.1. The Kier molecular flexibility index (Phi) is 4.47. The first-order valence-corrected chi connectivity index (χ1v) is 8.90. The molecule has 1 amide bonds. The molecule has 0 radical (unpaired) electrons. The highest BCUT2D eigenvalue weighted by atomic mass is 16.3. The average molecular weight is 356 g/mol. The Balaban J connectivity index is 1.78. The van der Waals surface area contributed by atoms with Crippen LogP contribution in [0.1, 0.15) is 27.2 Å². The van der Waals surface area contributed by atoms with Crippen LogP contribution in [0.5, 0.6) is 0 Å². The number of furan rings is 1. The summed E-state index contributed by atoms with van der Waals surface area (Å²) in [5, 5.41) is 0.963. The lowest BCUT2D eigenvalue weighted by Gasteiger charge is -2.21. The van der Waals surface area contributed by atoms with Gasteiger partial charge in [-0.05, 0) is 43.2 Å². The Morgan fingerprint density at radius 2 is 1.78 bits per heavy atom. The van der Waals surface area contributed by atoms with Crippen molar-refractivity contribution in [3.8, 4) is 0 Å². The van der Waals surface area contributed by atoms with Crippen LogP contribution in [0, 0.1) is 13.8 Å². The fourth-order valence-electron chi connectivity index (χ4n) is 3.20. The van der Waals surface area contributed by atoms with Gasteiger partial charge in [0.15, 0.2) is 5.76 Å². The molecule has 2 aromatic heterocycles. The molecule has 0 N–H and O–H groups in total. The van der Waals surface area contributed by atoms with E-state index in [9.17, 15) is 4.79 Å². The van der Waals surface area contributed by atoms with Crippen LogP contribution < -0.4 is 4.90 Å². The molecule has 2 heterocycles. The third kappa shape index (κ3) is 3.34. The number of hydrogen-bond donors (Lipinski definition) is 0. The molecule has 0 fully saturated rings. The summed E-state index contributed by atoms with van der Waals surface area (Å²) in [6.07, 6.45) is 1.69. The second-order valence-electron chi connectivity index (χ2n) is 6.62. The van der Waals surface area contributed by atoms with Crippen molar-refractivity contribution in [3.05, 3.63) is 95.4 Å². The highest BCUT2D eigenvalue weighted by Gasteiger charge is 2.25. The predicted molar refractivity (Wildman–Crippen MR) is 107 cm³/mol. The van der Waals surface area contributed by atoms with Gasteiger partial charge in [-0.25, -0.2) is 4.98 Å². The van der Waals surface area contributed by atoms with Gasteiger partial charge in [-0.1, -0.05) is 48.5 Å². The number of anilines is 1. The van der Waals surface area contributed by atoms with E-state index in [2.05, 4.69) is 4.98 Å². The van der Waals surface area contributed by atoms with Crippen LogP contribution in [0.25, 0.3) is 11.0 Å². The highest BCUT2D eigenvalue weighted by Crippen LogP contribution is 2.28. The molecule has 0 atom stereocenters. The molecule has 4 rings (SSSR count). The number of carbonyl (C=O) groups excluding carboxylic acids is 1. The number of benzene rings is 2. The molecule has 134 valence electrons. The average Bonchev–Trinajstić information content (AvgIpc) is 3.03. The Labute approximate surface area is 158 Å². The monoisotopic (exact) mass is 356 g/mol. The number of fused-ring (bicyclic) bond motifs is 1. The molecular formula is C23H20N2O2. The van der Waals surface area contributed by atoms with Gasteiger partial charge in [-0.3, -0.25) is 9.69 Å². The predicted octanol–water partition coefficient (Wildman–Crippen LogP) is 5.29.